The summed E-state index contributed by atoms with van der Waals surface area (Å²) >= 11 is 0. The maximum Gasteiger partial charge on any atom is 0.234 e. The van der Waals surface area contributed by atoms with Crippen molar-refractivity contribution in [3.63, 3.8) is 0 Å². The minimum Gasteiger partial charge on any atom is -0.497 e. The molecule has 1 aliphatic heterocycles. The molecule has 1 heterocycles. The van der Waals surface area contributed by atoms with E-state index in [9.17, 15) is 4.79 Å². The van der Waals surface area contributed by atoms with Crippen LogP contribution in [0.25, 0.3) is 0 Å². The number of rotatable bonds is 7. The van der Waals surface area contributed by atoms with E-state index < -0.39 is 0 Å². The lowest BCUT2D eigenvalue weighted by molar-refractivity contribution is -0.122. The van der Waals surface area contributed by atoms with E-state index in [4.69, 9.17) is 4.74 Å². The van der Waals surface area contributed by atoms with Crippen LogP contribution >= 0.6 is 0 Å². The number of carbonyl (C=O) groups is 1. The lowest BCUT2D eigenvalue weighted by Gasteiger charge is -2.35. The molecule has 0 aliphatic carbocycles. The first-order chi connectivity index (χ1) is 11.1. The predicted molar refractivity (Wildman–Crippen MR) is 94.1 cm³/mol. The summed E-state index contributed by atoms with van der Waals surface area (Å²) in [6.07, 6.45) is 1.04. The zero-order valence-corrected chi connectivity index (χ0v) is 14.5. The lowest BCUT2D eigenvalue weighted by Crippen LogP contribution is -2.49. The lowest BCUT2D eigenvalue weighted by atomic mass is 10.1. The van der Waals surface area contributed by atoms with Crippen LogP contribution in [0.15, 0.2) is 24.3 Å². The second kappa shape index (κ2) is 8.77. The second-order valence-electron chi connectivity index (χ2n) is 6.50. The summed E-state index contributed by atoms with van der Waals surface area (Å²) in [6.45, 7) is 9.32. The summed E-state index contributed by atoms with van der Waals surface area (Å²) < 4.78 is 5.28. The third kappa shape index (κ3) is 5.75. The van der Waals surface area contributed by atoms with Crippen LogP contribution in [0.2, 0.25) is 0 Å². The van der Waals surface area contributed by atoms with Crippen molar-refractivity contribution >= 4 is 11.6 Å². The molecule has 1 fully saturated rings. The van der Waals surface area contributed by atoms with Gasteiger partial charge in [0, 0.05) is 44.5 Å². The first kappa shape index (κ1) is 17.6. The van der Waals surface area contributed by atoms with Crippen molar-refractivity contribution in [2.45, 2.75) is 20.3 Å². The Morgan fingerprint density at radius 3 is 2.65 bits per heavy atom. The molecule has 2 rings (SSSR count). The summed E-state index contributed by atoms with van der Waals surface area (Å²) in [6, 6.07) is 8.15. The highest BCUT2D eigenvalue weighted by Crippen LogP contribution is 2.21. The molecule has 1 aromatic carbocycles. The molecule has 128 valence electrons. The topological polar surface area (TPSA) is 44.8 Å². The van der Waals surface area contributed by atoms with Gasteiger partial charge in [-0.15, -0.1) is 0 Å². The van der Waals surface area contributed by atoms with E-state index in [0.29, 0.717) is 12.5 Å². The number of methoxy groups -OCH3 is 1. The Labute approximate surface area is 139 Å². The van der Waals surface area contributed by atoms with Crippen molar-refractivity contribution < 1.29 is 9.53 Å². The summed E-state index contributed by atoms with van der Waals surface area (Å²) in [5.74, 6) is 1.65. The van der Waals surface area contributed by atoms with Gasteiger partial charge in [0.15, 0.2) is 0 Å². The Hall–Kier alpha value is -1.75. The maximum absolute atomic E-state index is 11.9. The zero-order valence-electron chi connectivity index (χ0n) is 14.5. The van der Waals surface area contributed by atoms with Crippen LogP contribution in [0.4, 0.5) is 5.69 Å². The molecule has 1 saturated heterocycles. The molecule has 0 aromatic heterocycles. The molecule has 5 heteroatoms. The van der Waals surface area contributed by atoms with Crippen molar-refractivity contribution in [3.05, 3.63) is 24.3 Å². The van der Waals surface area contributed by atoms with Crippen LogP contribution < -0.4 is 15.0 Å². The first-order valence-electron chi connectivity index (χ1n) is 8.46. The normalized spacial score (nSPS) is 15.7. The quantitative estimate of drug-likeness (QED) is 0.835. The molecule has 0 radical (unpaired) electrons. The Balaban J connectivity index is 1.74. The van der Waals surface area contributed by atoms with Gasteiger partial charge in [-0.25, -0.2) is 0 Å². The second-order valence-corrected chi connectivity index (χ2v) is 6.50. The number of ether oxygens (including phenoxy) is 1. The van der Waals surface area contributed by atoms with Crippen LogP contribution in [-0.4, -0.2) is 57.2 Å². The fourth-order valence-electron chi connectivity index (χ4n) is 2.73. The number of hydrogen-bond donors (Lipinski definition) is 1. The van der Waals surface area contributed by atoms with Gasteiger partial charge in [0.1, 0.15) is 5.75 Å². The molecular formula is C18H29N3O2. The minimum absolute atomic E-state index is 0.139. The fourth-order valence-corrected chi connectivity index (χ4v) is 2.73. The van der Waals surface area contributed by atoms with Crippen molar-refractivity contribution in [1.29, 1.82) is 0 Å². The number of hydrogen-bond acceptors (Lipinski definition) is 4. The molecule has 0 bridgehead atoms. The van der Waals surface area contributed by atoms with Gasteiger partial charge in [0.25, 0.3) is 0 Å². The van der Waals surface area contributed by atoms with Gasteiger partial charge in [0.05, 0.1) is 13.7 Å². The summed E-state index contributed by atoms with van der Waals surface area (Å²) in [7, 11) is 1.69. The molecule has 1 N–H and O–H groups in total. The number of nitrogens with one attached hydrogen (secondary N) is 1. The number of anilines is 1. The molecular weight excluding hydrogens is 290 g/mol. The van der Waals surface area contributed by atoms with E-state index in [1.807, 2.05) is 12.1 Å². The third-order valence-corrected chi connectivity index (χ3v) is 4.20. The van der Waals surface area contributed by atoms with E-state index in [1.54, 1.807) is 7.11 Å². The first-order valence-corrected chi connectivity index (χ1v) is 8.46. The number of nitrogens with zero attached hydrogens (tertiary/aromatic N) is 2. The number of carbonyl (C=O) groups excluding carboxylic acids is 1. The number of amides is 1. The molecule has 23 heavy (non-hydrogen) atoms. The predicted octanol–water partition coefficient (Wildman–Crippen LogP) is 1.98. The van der Waals surface area contributed by atoms with Gasteiger partial charge < -0.3 is 15.0 Å². The molecule has 0 unspecified atom stereocenters. The average Bonchev–Trinajstić information content (AvgIpc) is 2.55. The highest BCUT2D eigenvalue weighted by atomic mass is 16.5. The smallest absolute Gasteiger partial charge is 0.234 e. The molecule has 0 atom stereocenters. The van der Waals surface area contributed by atoms with Gasteiger partial charge in [-0.2, -0.15) is 0 Å². The van der Waals surface area contributed by atoms with Gasteiger partial charge in [0.2, 0.25) is 5.91 Å². The average molecular weight is 319 g/mol. The van der Waals surface area contributed by atoms with Crippen LogP contribution in [-0.2, 0) is 4.79 Å². The van der Waals surface area contributed by atoms with Gasteiger partial charge in [-0.1, -0.05) is 19.9 Å². The van der Waals surface area contributed by atoms with Gasteiger partial charge in [-0.05, 0) is 24.5 Å². The standard InChI is InChI=1S/C18H29N3O2/c1-15(2)7-8-19-18(22)14-20-9-11-21(12-10-20)16-5-4-6-17(13-16)23-3/h4-6,13,15H,7-12,14H2,1-3H3,(H,19,22). The van der Waals surface area contributed by atoms with E-state index in [0.717, 1.165) is 44.9 Å². The van der Waals surface area contributed by atoms with Crippen molar-refractivity contribution in [2.75, 3.05) is 51.3 Å². The number of benzene rings is 1. The summed E-state index contributed by atoms with van der Waals surface area (Å²) in [5.41, 5.74) is 1.19. The van der Waals surface area contributed by atoms with E-state index in [2.05, 4.69) is 41.1 Å². The minimum atomic E-state index is 0.139. The van der Waals surface area contributed by atoms with Crippen molar-refractivity contribution in [3.8, 4) is 5.75 Å². The Bertz CT molecular complexity index is 497. The van der Waals surface area contributed by atoms with Crippen molar-refractivity contribution in [2.24, 2.45) is 5.92 Å². The molecule has 0 saturated carbocycles. The van der Waals surface area contributed by atoms with E-state index >= 15 is 0 Å². The molecule has 0 spiro atoms. The fraction of sp³-hybridized carbons (Fsp3) is 0.611. The van der Waals surface area contributed by atoms with E-state index in [-0.39, 0.29) is 5.91 Å². The van der Waals surface area contributed by atoms with Crippen LogP contribution in [0.5, 0.6) is 5.75 Å². The SMILES string of the molecule is COc1cccc(N2CCN(CC(=O)NCCC(C)C)CC2)c1. The van der Waals surface area contributed by atoms with Gasteiger partial charge in [-0.3, -0.25) is 9.69 Å². The van der Waals surface area contributed by atoms with Crippen LogP contribution in [0.1, 0.15) is 20.3 Å². The number of piperazine rings is 1. The highest BCUT2D eigenvalue weighted by Gasteiger charge is 2.19. The van der Waals surface area contributed by atoms with E-state index in [1.165, 1.54) is 5.69 Å². The molecule has 1 aliphatic rings. The van der Waals surface area contributed by atoms with Gasteiger partial charge >= 0.3 is 0 Å². The monoisotopic (exact) mass is 319 g/mol. The highest BCUT2D eigenvalue weighted by molar-refractivity contribution is 5.78. The third-order valence-electron chi connectivity index (χ3n) is 4.20. The Morgan fingerprint density at radius 2 is 2.00 bits per heavy atom. The Kier molecular flexibility index (Phi) is 6.71. The summed E-state index contributed by atoms with van der Waals surface area (Å²) in [4.78, 5) is 16.5. The van der Waals surface area contributed by atoms with Crippen molar-refractivity contribution in [1.82, 2.24) is 10.2 Å². The molecule has 5 nitrogen and oxygen atoms in total. The maximum atomic E-state index is 11.9. The summed E-state index contributed by atoms with van der Waals surface area (Å²) in [5, 5.41) is 3.01. The molecule has 1 amide bonds. The Morgan fingerprint density at radius 1 is 1.26 bits per heavy atom. The molecule has 1 aromatic rings. The van der Waals surface area contributed by atoms with Crippen LogP contribution in [0, 0.1) is 5.92 Å². The zero-order chi connectivity index (χ0) is 16.7. The van der Waals surface area contributed by atoms with Crippen LogP contribution in [0.3, 0.4) is 0 Å². The largest absolute Gasteiger partial charge is 0.497 e.